The Kier molecular flexibility index (Phi) is 3.99. The SMILES string of the molecule is O=C(NCC1(CCO)CC1)c1ccc(C(F)(F)F)nc1. The summed E-state index contributed by atoms with van der Waals surface area (Å²) in [4.78, 5) is 15.0. The first-order chi connectivity index (χ1) is 9.36. The van der Waals surface area contributed by atoms with E-state index < -0.39 is 17.8 Å². The predicted molar refractivity (Wildman–Crippen MR) is 64.9 cm³/mol. The van der Waals surface area contributed by atoms with E-state index in [0.29, 0.717) is 13.0 Å². The van der Waals surface area contributed by atoms with Crippen molar-refractivity contribution in [3.8, 4) is 0 Å². The Balaban J connectivity index is 1.93. The number of halogens is 3. The van der Waals surface area contributed by atoms with Gasteiger partial charge in [-0.1, -0.05) is 0 Å². The van der Waals surface area contributed by atoms with Gasteiger partial charge in [0.25, 0.3) is 5.91 Å². The summed E-state index contributed by atoms with van der Waals surface area (Å²) in [7, 11) is 0. The maximum absolute atomic E-state index is 12.3. The minimum absolute atomic E-state index is 0.0379. The third kappa shape index (κ3) is 3.47. The van der Waals surface area contributed by atoms with E-state index in [9.17, 15) is 18.0 Å². The zero-order chi connectivity index (χ0) is 14.8. The van der Waals surface area contributed by atoms with Gasteiger partial charge in [0, 0.05) is 19.3 Å². The number of carbonyl (C=O) groups excluding carboxylic acids is 1. The van der Waals surface area contributed by atoms with Crippen LogP contribution in [0.2, 0.25) is 0 Å². The van der Waals surface area contributed by atoms with Crippen molar-refractivity contribution in [1.29, 1.82) is 0 Å². The van der Waals surface area contributed by atoms with Crippen LogP contribution in [0.25, 0.3) is 0 Å². The van der Waals surface area contributed by atoms with E-state index >= 15 is 0 Å². The highest BCUT2D eigenvalue weighted by molar-refractivity contribution is 5.93. The van der Waals surface area contributed by atoms with Crippen molar-refractivity contribution >= 4 is 5.91 Å². The van der Waals surface area contributed by atoms with Crippen molar-refractivity contribution in [2.75, 3.05) is 13.2 Å². The molecule has 2 rings (SSSR count). The fraction of sp³-hybridized carbons (Fsp3) is 0.538. The fourth-order valence-corrected chi connectivity index (χ4v) is 1.99. The van der Waals surface area contributed by atoms with Crippen molar-refractivity contribution in [2.45, 2.75) is 25.4 Å². The Bertz CT molecular complexity index is 481. The molecule has 0 saturated heterocycles. The van der Waals surface area contributed by atoms with Crippen LogP contribution < -0.4 is 5.32 Å². The van der Waals surface area contributed by atoms with Crippen LogP contribution in [0.4, 0.5) is 13.2 Å². The smallest absolute Gasteiger partial charge is 0.396 e. The summed E-state index contributed by atoms with van der Waals surface area (Å²) >= 11 is 0. The number of nitrogens with one attached hydrogen (secondary N) is 1. The van der Waals surface area contributed by atoms with Crippen LogP contribution in [0.5, 0.6) is 0 Å². The fourth-order valence-electron chi connectivity index (χ4n) is 1.99. The molecule has 1 aliphatic rings. The molecule has 1 heterocycles. The first-order valence-electron chi connectivity index (χ1n) is 6.29. The van der Waals surface area contributed by atoms with E-state index in [4.69, 9.17) is 5.11 Å². The zero-order valence-electron chi connectivity index (χ0n) is 10.7. The zero-order valence-corrected chi connectivity index (χ0v) is 10.7. The predicted octanol–water partition coefficient (Wildman–Crippen LogP) is 1.99. The largest absolute Gasteiger partial charge is 0.433 e. The van der Waals surface area contributed by atoms with Gasteiger partial charge in [0.2, 0.25) is 0 Å². The molecule has 0 unspecified atom stereocenters. The molecular formula is C13H15F3N2O2. The van der Waals surface area contributed by atoms with Crippen LogP contribution in [0.15, 0.2) is 18.3 Å². The first-order valence-corrected chi connectivity index (χ1v) is 6.29. The lowest BCUT2D eigenvalue weighted by molar-refractivity contribution is -0.141. The van der Waals surface area contributed by atoms with Crippen molar-refractivity contribution < 1.29 is 23.1 Å². The summed E-state index contributed by atoms with van der Waals surface area (Å²) in [5, 5.41) is 11.6. The Morgan fingerprint density at radius 1 is 1.40 bits per heavy atom. The molecule has 4 nitrogen and oxygen atoms in total. The number of carbonyl (C=O) groups is 1. The van der Waals surface area contributed by atoms with Crippen LogP contribution in [-0.2, 0) is 6.18 Å². The van der Waals surface area contributed by atoms with Gasteiger partial charge in [-0.25, -0.2) is 0 Å². The summed E-state index contributed by atoms with van der Waals surface area (Å²) < 4.78 is 37.0. The first kappa shape index (κ1) is 14.8. The van der Waals surface area contributed by atoms with E-state index in [0.717, 1.165) is 31.2 Å². The van der Waals surface area contributed by atoms with Gasteiger partial charge in [0.05, 0.1) is 5.56 Å². The van der Waals surface area contributed by atoms with Gasteiger partial charge in [-0.05, 0) is 36.8 Å². The quantitative estimate of drug-likeness (QED) is 0.871. The number of pyridine rings is 1. The van der Waals surface area contributed by atoms with Gasteiger partial charge >= 0.3 is 6.18 Å². The average Bonchev–Trinajstić information content (AvgIpc) is 3.16. The Hall–Kier alpha value is -1.63. The third-order valence-electron chi connectivity index (χ3n) is 3.54. The van der Waals surface area contributed by atoms with Gasteiger partial charge in [0.15, 0.2) is 0 Å². The van der Waals surface area contributed by atoms with Gasteiger partial charge in [-0.15, -0.1) is 0 Å². The minimum Gasteiger partial charge on any atom is -0.396 e. The maximum Gasteiger partial charge on any atom is 0.433 e. The number of aromatic nitrogens is 1. The van der Waals surface area contributed by atoms with Gasteiger partial charge in [-0.2, -0.15) is 13.2 Å². The number of aliphatic hydroxyl groups is 1. The maximum atomic E-state index is 12.3. The van der Waals surface area contributed by atoms with Crippen LogP contribution in [0.3, 0.4) is 0 Å². The Morgan fingerprint density at radius 2 is 2.10 bits per heavy atom. The molecule has 110 valence electrons. The topological polar surface area (TPSA) is 62.2 Å². The van der Waals surface area contributed by atoms with Crippen LogP contribution >= 0.6 is 0 Å². The van der Waals surface area contributed by atoms with Crippen molar-refractivity contribution in [3.63, 3.8) is 0 Å². The number of hydrogen-bond donors (Lipinski definition) is 2. The molecule has 0 atom stereocenters. The van der Waals surface area contributed by atoms with E-state index in [1.165, 1.54) is 0 Å². The Labute approximate surface area is 114 Å². The van der Waals surface area contributed by atoms with E-state index in [1.807, 2.05) is 0 Å². The number of nitrogens with zero attached hydrogens (tertiary/aromatic N) is 1. The minimum atomic E-state index is -4.51. The molecule has 0 aliphatic heterocycles. The molecular weight excluding hydrogens is 273 g/mol. The second-order valence-electron chi connectivity index (χ2n) is 5.09. The number of rotatable bonds is 5. The van der Waals surface area contributed by atoms with Crippen LogP contribution in [0, 0.1) is 5.41 Å². The molecule has 0 aromatic carbocycles. The molecule has 20 heavy (non-hydrogen) atoms. The normalized spacial score (nSPS) is 16.8. The summed E-state index contributed by atoms with van der Waals surface area (Å²) in [6.45, 7) is 0.491. The molecule has 1 amide bonds. The summed E-state index contributed by atoms with van der Waals surface area (Å²) in [5.41, 5.74) is -0.963. The van der Waals surface area contributed by atoms with Crippen molar-refractivity contribution in [3.05, 3.63) is 29.6 Å². The molecule has 2 N–H and O–H groups in total. The molecule has 0 spiro atoms. The van der Waals surface area contributed by atoms with Crippen molar-refractivity contribution in [2.24, 2.45) is 5.41 Å². The lowest BCUT2D eigenvalue weighted by Gasteiger charge is -2.14. The van der Waals surface area contributed by atoms with Crippen LogP contribution in [-0.4, -0.2) is 29.1 Å². The molecule has 1 aromatic rings. The molecule has 1 aliphatic carbocycles. The van der Waals surface area contributed by atoms with Gasteiger partial charge < -0.3 is 10.4 Å². The number of hydrogen-bond acceptors (Lipinski definition) is 3. The van der Waals surface area contributed by atoms with Crippen molar-refractivity contribution in [1.82, 2.24) is 10.3 Å². The molecule has 1 saturated carbocycles. The lowest BCUT2D eigenvalue weighted by atomic mass is 10.0. The van der Waals surface area contributed by atoms with E-state index in [-0.39, 0.29) is 17.6 Å². The second kappa shape index (κ2) is 5.40. The van der Waals surface area contributed by atoms with E-state index in [2.05, 4.69) is 10.3 Å². The second-order valence-corrected chi connectivity index (χ2v) is 5.09. The number of alkyl halides is 3. The van der Waals surface area contributed by atoms with Crippen LogP contribution in [0.1, 0.15) is 35.3 Å². The summed E-state index contributed by atoms with van der Waals surface area (Å²) in [6, 6.07) is 1.90. The molecule has 1 fully saturated rings. The molecule has 7 heteroatoms. The third-order valence-corrected chi connectivity index (χ3v) is 3.54. The number of amides is 1. The molecule has 0 radical (unpaired) electrons. The molecule has 1 aromatic heterocycles. The monoisotopic (exact) mass is 288 g/mol. The molecule has 0 bridgehead atoms. The highest BCUT2D eigenvalue weighted by atomic mass is 19.4. The average molecular weight is 288 g/mol. The lowest BCUT2D eigenvalue weighted by Crippen LogP contribution is -2.30. The van der Waals surface area contributed by atoms with Gasteiger partial charge in [0.1, 0.15) is 5.69 Å². The summed E-state index contributed by atoms with van der Waals surface area (Å²) in [5.74, 6) is -0.449. The Morgan fingerprint density at radius 3 is 2.55 bits per heavy atom. The highest BCUT2D eigenvalue weighted by Gasteiger charge is 2.42. The van der Waals surface area contributed by atoms with Gasteiger partial charge in [-0.3, -0.25) is 9.78 Å². The summed E-state index contributed by atoms with van der Waals surface area (Å²) in [6.07, 6.45) is -1.07. The number of aliphatic hydroxyl groups excluding tert-OH is 1. The van der Waals surface area contributed by atoms with E-state index in [1.54, 1.807) is 0 Å². The standard InChI is InChI=1S/C13H15F3N2O2/c14-13(15,16)10-2-1-9(7-17-10)11(20)18-8-12(3-4-12)5-6-19/h1-2,7,19H,3-6,8H2,(H,18,20). The highest BCUT2D eigenvalue weighted by Crippen LogP contribution is 2.47.